The van der Waals surface area contributed by atoms with E-state index in [2.05, 4.69) is 25.7 Å². The molecule has 0 aliphatic rings. The number of nitrogens with one attached hydrogen (secondary N) is 3. The average molecular weight is 307 g/mol. The van der Waals surface area contributed by atoms with Crippen molar-refractivity contribution in [3.8, 4) is 11.5 Å². The summed E-state index contributed by atoms with van der Waals surface area (Å²) < 4.78 is 5.35. The van der Waals surface area contributed by atoms with Gasteiger partial charge >= 0.3 is 0 Å². The highest BCUT2D eigenvalue weighted by Gasteiger charge is 2.21. The van der Waals surface area contributed by atoms with Crippen molar-refractivity contribution < 1.29 is 9.21 Å². The zero-order valence-electron chi connectivity index (χ0n) is 12.3. The second kappa shape index (κ2) is 5.13. The molecule has 3 N–H and O–H groups in total. The van der Waals surface area contributed by atoms with Gasteiger partial charge in [0.2, 0.25) is 0 Å². The predicted molar refractivity (Wildman–Crippen MR) is 85.1 cm³/mol. The Labute approximate surface area is 130 Å². The summed E-state index contributed by atoms with van der Waals surface area (Å²) in [6, 6.07) is 9.08. The molecule has 0 atom stereocenters. The van der Waals surface area contributed by atoms with Gasteiger partial charge in [0.25, 0.3) is 5.91 Å². The quantitative estimate of drug-likeness (QED) is 0.541. The molecule has 1 aromatic carbocycles. The number of aromatic amines is 2. The van der Waals surface area contributed by atoms with Crippen molar-refractivity contribution in [1.82, 2.24) is 20.4 Å². The minimum Gasteiger partial charge on any atom is -0.463 e. The number of fused-ring (bicyclic) bond motifs is 1. The maximum absolute atomic E-state index is 12.6. The fourth-order valence-electron chi connectivity index (χ4n) is 2.51. The molecule has 0 spiro atoms. The van der Waals surface area contributed by atoms with Gasteiger partial charge in [-0.1, -0.05) is 0 Å². The van der Waals surface area contributed by atoms with E-state index in [9.17, 15) is 4.79 Å². The monoisotopic (exact) mass is 307 g/mol. The molecule has 23 heavy (non-hydrogen) atoms. The summed E-state index contributed by atoms with van der Waals surface area (Å²) in [5.74, 6) is 0.296. The highest BCUT2D eigenvalue weighted by molar-refractivity contribution is 6.09. The lowest BCUT2D eigenvalue weighted by Crippen LogP contribution is -2.13. The van der Waals surface area contributed by atoms with E-state index in [1.54, 1.807) is 31.5 Å². The summed E-state index contributed by atoms with van der Waals surface area (Å²) in [7, 11) is 0. The Morgan fingerprint density at radius 2 is 2.17 bits per heavy atom. The Morgan fingerprint density at radius 1 is 1.26 bits per heavy atom. The Balaban J connectivity index is 1.68. The number of carbonyl (C=O) groups excluding carboxylic acids is 1. The van der Waals surface area contributed by atoms with Crippen molar-refractivity contribution >= 4 is 22.5 Å². The molecule has 0 saturated carbocycles. The maximum Gasteiger partial charge on any atom is 0.259 e. The highest BCUT2D eigenvalue weighted by Crippen LogP contribution is 2.25. The molecule has 0 saturated heterocycles. The Hall–Kier alpha value is -3.35. The lowest BCUT2D eigenvalue weighted by molar-refractivity contribution is 0.102. The number of rotatable bonds is 3. The van der Waals surface area contributed by atoms with Crippen molar-refractivity contribution in [1.29, 1.82) is 0 Å². The number of amides is 1. The van der Waals surface area contributed by atoms with E-state index < -0.39 is 0 Å². The van der Waals surface area contributed by atoms with Gasteiger partial charge in [0.05, 0.1) is 23.5 Å². The molecule has 0 unspecified atom stereocenters. The van der Waals surface area contributed by atoms with Gasteiger partial charge in [-0.3, -0.25) is 15.0 Å². The van der Waals surface area contributed by atoms with Gasteiger partial charge in [-0.15, -0.1) is 0 Å². The Morgan fingerprint density at radius 3 is 3.00 bits per heavy atom. The molecular formula is C16H13N5O2. The second-order valence-corrected chi connectivity index (χ2v) is 5.18. The third-order valence-electron chi connectivity index (χ3n) is 3.63. The van der Waals surface area contributed by atoms with Gasteiger partial charge < -0.3 is 9.73 Å². The molecule has 1 amide bonds. The number of benzene rings is 1. The average Bonchev–Trinajstić information content (AvgIpc) is 3.26. The van der Waals surface area contributed by atoms with Crippen LogP contribution in [0, 0.1) is 6.92 Å². The Kier molecular flexibility index (Phi) is 2.97. The summed E-state index contributed by atoms with van der Waals surface area (Å²) in [6.07, 6.45) is 3.28. The van der Waals surface area contributed by atoms with E-state index in [4.69, 9.17) is 4.42 Å². The van der Waals surface area contributed by atoms with E-state index in [-0.39, 0.29) is 5.91 Å². The van der Waals surface area contributed by atoms with Crippen LogP contribution in [0.3, 0.4) is 0 Å². The number of H-pyrrole nitrogens is 2. The number of furan rings is 1. The van der Waals surface area contributed by atoms with Gasteiger partial charge in [0.1, 0.15) is 5.69 Å². The largest absolute Gasteiger partial charge is 0.463 e. The van der Waals surface area contributed by atoms with Gasteiger partial charge in [0, 0.05) is 16.8 Å². The summed E-state index contributed by atoms with van der Waals surface area (Å²) in [5.41, 5.74) is 3.17. The molecule has 0 aliphatic carbocycles. The van der Waals surface area contributed by atoms with E-state index in [0.717, 1.165) is 10.9 Å². The van der Waals surface area contributed by atoms with Crippen LogP contribution in [0.15, 0.2) is 47.2 Å². The van der Waals surface area contributed by atoms with E-state index in [1.807, 2.05) is 18.2 Å². The van der Waals surface area contributed by atoms with Crippen molar-refractivity contribution in [2.24, 2.45) is 0 Å². The van der Waals surface area contributed by atoms with Crippen LogP contribution in [-0.2, 0) is 0 Å². The normalized spacial score (nSPS) is 11.0. The highest BCUT2D eigenvalue weighted by atomic mass is 16.3. The number of aryl methyl sites for hydroxylation is 1. The molecule has 4 rings (SSSR count). The molecule has 7 heteroatoms. The number of anilines is 1. The van der Waals surface area contributed by atoms with Crippen LogP contribution < -0.4 is 5.32 Å². The van der Waals surface area contributed by atoms with Crippen molar-refractivity contribution in [3.63, 3.8) is 0 Å². The molecule has 114 valence electrons. The fraction of sp³-hybridized carbons (Fsp3) is 0.0625. The zero-order chi connectivity index (χ0) is 15.8. The van der Waals surface area contributed by atoms with Crippen LogP contribution in [0.1, 0.15) is 16.1 Å². The summed E-state index contributed by atoms with van der Waals surface area (Å²) >= 11 is 0. The molecule has 4 aromatic rings. The van der Waals surface area contributed by atoms with Crippen LogP contribution in [0.25, 0.3) is 22.4 Å². The molecule has 0 bridgehead atoms. The molecule has 0 fully saturated rings. The van der Waals surface area contributed by atoms with Crippen molar-refractivity contribution in [3.05, 3.63) is 54.0 Å². The number of nitrogens with zero attached hydrogens (tertiary/aromatic N) is 2. The van der Waals surface area contributed by atoms with Gasteiger partial charge in [-0.25, -0.2) is 0 Å². The summed E-state index contributed by atoms with van der Waals surface area (Å²) in [5, 5.41) is 17.7. The molecule has 7 nitrogen and oxygen atoms in total. The van der Waals surface area contributed by atoms with Crippen molar-refractivity contribution in [2.45, 2.75) is 6.92 Å². The van der Waals surface area contributed by atoms with Crippen LogP contribution in [0.4, 0.5) is 5.69 Å². The third kappa shape index (κ3) is 2.28. The van der Waals surface area contributed by atoms with E-state index in [0.29, 0.717) is 28.4 Å². The van der Waals surface area contributed by atoms with Crippen LogP contribution in [0.2, 0.25) is 0 Å². The number of carbonyl (C=O) groups is 1. The summed E-state index contributed by atoms with van der Waals surface area (Å²) in [6.45, 7) is 1.80. The van der Waals surface area contributed by atoms with Gasteiger partial charge in [-0.05, 0) is 37.3 Å². The minimum atomic E-state index is -0.249. The molecule has 0 radical (unpaired) electrons. The predicted octanol–water partition coefficient (Wildman–Crippen LogP) is 3.11. The second-order valence-electron chi connectivity index (χ2n) is 5.18. The van der Waals surface area contributed by atoms with Crippen LogP contribution in [0.5, 0.6) is 0 Å². The van der Waals surface area contributed by atoms with Crippen LogP contribution >= 0.6 is 0 Å². The van der Waals surface area contributed by atoms with Gasteiger partial charge in [0.15, 0.2) is 5.76 Å². The standard InChI is InChI=1S/C16H13N5O2/c1-9-14(15(21-19-9)13-3-2-6-23-13)16(22)18-11-5-4-10-8-17-20-12(10)7-11/h2-8H,1H3,(H,17,20)(H,18,22)(H,19,21). The summed E-state index contributed by atoms with van der Waals surface area (Å²) in [4.78, 5) is 12.6. The smallest absolute Gasteiger partial charge is 0.259 e. The lowest BCUT2D eigenvalue weighted by atomic mass is 10.1. The Bertz CT molecular complexity index is 981. The first-order valence-electron chi connectivity index (χ1n) is 7.06. The first-order valence-corrected chi connectivity index (χ1v) is 7.06. The zero-order valence-corrected chi connectivity index (χ0v) is 12.3. The van der Waals surface area contributed by atoms with Gasteiger partial charge in [-0.2, -0.15) is 10.2 Å². The topological polar surface area (TPSA) is 99.6 Å². The molecular weight excluding hydrogens is 294 g/mol. The SMILES string of the molecule is Cc1[nH]nc(-c2ccco2)c1C(=O)Nc1ccc2cn[nH]c2c1. The maximum atomic E-state index is 12.6. The van der Waals surface area contributed by atoms with Crippen molar-refractivity contribution in [2.75, 3.05) is 5.32 Å². The number of aromatic nitrogens is 4. The molecule has 3 aromatic heterocycles. The third-order valence-corrected chi connectivity index (χ3v) is 3.63. The lowest BCUT2D eigenvalue weighted by Gasteiger charge is -2.06. The number of hydrogen-bond donors (Lipinski definition) is 3. The minimum absolute atomic E-state index is 0.249. The first-order chi connectivity index (χ1) is 11.2. The van der Waals surface area contributed by atoms with Crippen LogP contribution in [-0.4, -0.2) is 26.3 Å². The molecule has 0 aliphatic heterocycles. The van der Waals surface area contributed by atoms with E-state index >= 15 is 0 Å². The molecule has 3 heterocycles. The number of hydrogen-bond acceptors (Lipinski definition) is 4. The van der Waals surface area contributed by atoms with E-state index in [1.165, 1.54) is 0 Å². The first kappa shape index (κ1) is 13.3. The fourth-order valence-corrected chi connectivity index (χ4v) is 2.51.